The average molecular weight is 335 g/mol. The van der Waals surface area contributed by atoms with Crippen LogP contribution in [0.5, 0.6) is 0 Å². The van der Waals surface area contributed by atoms with Crippen LogP contribution in [0.2, 0.25) is 0 Å². The summed E-state index contributed by atoms with van der Waals surface area (Å²) in [6, 6.07) is 0.199. The lowest BCUT2D eigenvalue weighted by Gasteiger charge is -2.32. The van der Waals surface area contributed by atoms with E-state index in [9.17, 15) is 13.2 Å². The van der Waals surface area contributed by atoms with Crippen LogP contribution < -0.4 is 15.8 Å². The number of rotatable bonds is 6. The van der Waals surface area contributed by atoms with E-state index in [0.29, 0.717) is 13.1 Å². The number of ether oxygens (including phenoxy) is 1. The van der Waals surface area contributed by atoms with Gasteiger partial charge in [0.25, 0.3) is 0 Å². The molecule has 0 radical (unpaired) electrons. The molecule has 0 spiro atoms. The maximum absolute atomic E-state index is 11.7. The van der Waals surface area contributed by atoms with Crippen LogP contribution in [0, 0.1) is 5.92 Å². The first-order valence-corrected chi connectivity index (χ1v) is 9.49. The van der Waals surface area contributed by atoms with Crippen molar-refractivity contribution < 1.29 is 17.9 Å². The highest BCUT2D eigenvalue weighted by Gasteiger charge is 2.26. The van der Waals surface area contributed by atoms with E-state index in [0.717, 1.165) is 25.7 Å². The van der Waals surface area contributed by atoms with Gasteiger partial charge in [0.2, 0.25) is 10.0 Å². The summed E-state index contributed by atoms with van der Waals surface area (Å²) in [4.78, 5) is 11.7. The first-order valence-electron chi connectivity index (χ1n) is 7.77. The molecule has 1 fully saturated rings. The van der Waals surface area contributed by atoms with Crippen molar-refractivity contribution in [2.75, 3.05) is 18.8 Å². The van der Waals surface area contributed by atoms with Crippen LogP contribution in [0.3, 0.4) is 0 Å². The first kappa shape index (κ1) is 19.2. The summed E-state index contributed by atoms with van der Waals surface area (Å²) in [6.07, 6.45) is 3.79. The van der Waals surface area contributed by atoms with Crippen molar-refractivity contribution in [3.05, 3.63) is 0 Å². The van der Waals surface area contributed by atoms with Gasteiger partial charge in [-0.3, -0.25) is 0 Å². The van der Waals surface area contributed by atoms with Gasteiger partial charge in [0.15, 0.2) is 0 Å². The van der Waals surface area contributed by atoms with Crippen LogP contribution in [0.25, 0.3) is 0 Å². The molecule has 1 rings (SSSR count). The SMILES string of the molecule is CC(C)(C)OC(=O)NCC1CCCCC1NCCS(N)(=O)=O. The Labute approximate surface area is 133 Å². The fourth-order valence-corrected chi connectivity index (χ4v) is 3.04. The van der Waals surface area contributed by atoms with Gasteiger partial charge in [0, 0.05) is 19.1 Å². The molecule has 0 bridgehead atoms. The monoisotopic (exact) mass is 335 g/mol. The molecule has 1 aliphatic rings. The Hall–Kier alpha value is -0.860. The van der Waals surface area contributed by atoms with Gasteiger partial charge in [-0.2, -0.15) is 0 Å². The second-order valence-corrected chi connectivity index (χ2v) is 8.59. The summed E-state index contributed by atoms with van der Waals surface area (Å²) in [6.45, 7) is 6.34. The highest BCUT2D eigenvalue weighted by molar-refractivity contribution is 7.89. The zero-order chi connectivity index (χ0) is 16.8. The largest absolute Gasteiger partial charge is 0.444 e. The number of carbonyl (C=O) groups is 1. The fraction of sp³-hybridized carbons (Fsp3) is 0.929. The van der Waals surface area contributed by atoms with E-state index < -0.39 is 21.7 Å². The third-order valence-corrected chi connectivity index (χ3v) is 4.38. The van der Waals surface area contributed by atoms with Crippen LogP contribution >= 0.6 is 0 Å². The van der Waals surface area contributed by atoms with Gasteiger partial charge in [-0.15, -0.1) is 0 Å². The van der Waals surface area contributed by atoms with Crippen LogP contribution in [-0.2, 0) is 14.8 Å². The Kier molecular flexibility index (Phi) is 7.08. The maximum atomic E-state index is 11.7. The number of hydrogen-bond donors (Lipinski definition) is 3. The summed E-state index contributed by atoms with van der Waals surface area (Å²) >= 11 is 0. The van der Waals surface area contributed by atoms with Gasteiger partial charge in [-0.25, -0.2) is 18.4 Å². The molecule has 22 heavy (non-hydrogen) atoms. The van der Waals surface area contributed by atoms with E-state index in [1.807, 2.05) is 20.8 Å². The number of nitrogens with one attached hydrogen (secondary N) is 2. The standard InChI is InChI=1S/C14H29N3O4S/c1-14(2,3)21-13(18)17-10-11-6-4-5-7-12(11)16-8-9-22(15,19)20/h11-12,16H,4-10H2,1-3H3,(H,17,18)(H2,15,19,20). The summed E-state index contributed by atoms with van der Waals surface area (Å²) in [5.41, 5.74) is -0.510. The van der Waals surface area contributed by atoms with E-state index in [2.05, 4.69) is 10.6 Å². The zero-order valence-electron chi connectivity index (χ0n) is 13.7. The van der Waals surface area contributed by atoms with Crippen LogP contribution in [0.15, 0.2) is 0 Å². The molecule has 1 amide bonds. The molecule has 0 heterocycles. The van der Waals surface area contributed by atoms with Crippen molar-refractivity contribution in [2.45, 2.75) is 58.1 Å². The highest BCUT2D eigenvalue weighted by Crippen LogP contribution is 2.24. The maximum Gasteiger partial charge on any atom is 0.407 e. The Bertz CT molecular complexity index is 459. The van der Waals surface area contributed by atoms with E-state index >= 15 is 0 Å². The number of primary sulfonamides is 1. The number of carbonyl (C=O) groups excluding carboxylic acids is 1. The zero-order valence-corrected chi connectivity index (χ0v) is 14.5. The molecule has 130 valence electrons. The normalized spacial score (nSPS) is 23.1. The molecule has 0 aromatic heterocycles. The van der Waals surface area contributed by atoms with E-state index in [4.69, 9.17) is 9.88 Å². The van der Waals surface area contributed by atoms with E-state index in [1.54, 1.807) is 0 Å². The predicted octanol–water partition coefficient (Wildman–Crippen LogP) is 0.948. The van der Waals surface area contributed by atoms with Gasteiger partial charge >= 0.3 is 6.09 Å². The van der Waals surface area contributed by atoms with Gasteiger partial charge < -0.3 is 15.4 Å². The second kappa shape index (κ2) is 8.12. The van der Waals surface area contributed by atoms with Crippen molar-refractivity contribution in [1.82, 2.24) is 10.6 Å². The molecule has 8 heteroatoms. The average Bonchev–Trinajstić information content (AvgIpc) is 2.34. The van der Waals surface area contributed by atoms with Crippen molar-refractivity contribution in [2.24, 2.45) is 11.1 Å². The predicted molar refractivity (Wildman–Crippen MR) is 86.0 cm³/mol. The molecule has 1 saturated carbocycles. The molecular weight excluding hydrogens is 306 g/mol. The topological polar surface area (TPSA) is 111 Å². The molecule has 0 saturated heterocycles. The number of hydrogen-bond acceptors (Lipinski definition) is 5. The molecule has 2 unspecified atom stereocenters. The van der Waals surface area contributed by atoms with E-state index in [-0.39, 0.29) is 17.7 Å². The minimum atomic E-state index is -3.44. The van der Waals surface area contributed by atoms with Gasteiger partial charge in [-0.1, -0.05) is 12.8 Å². The Balaban J connectivity index is 2.40. The third kappa shape index (κ3) is 8.55. The molecule has 0 aromatic carbocycles. The van der Waals surface area contributed by atoms with Crippen molar-refractivity contribution in [1.29, 1.82) is 0 Å². The molecule has 4 N–H and O–H groups in total. The Morgan fingerprint density at radius 2 is 1.91 bits per heavy atom. The quantitative estimate of drug-likeness (QED) is 0.669. The number of sulfonamides is 1. The molecule has 2 atom stereocenters. The fourth-order valence-electron chi connectivity index (χ4n) is 2.64. The lowest BCUT2D eigenvalue weighted by atomic mass is 9.84. The van der Waals surface area contributed by atoms with Gasteiger partial charge in [0.1, 0.15) is 5.60 Å². The van der Waals surface area contributed by atoms with Crippen LogP contribution in [0.1, 0.15) is 46.5 Å². The number of alkyl carbamates (subject to hydrolysis) is 1. The summed E-state index contributed by atoms with van der Waals surface area (Å²) in [7, 11) is -3.44. The summed E-state index contributed by atoms with van der Waals surface area (Å²) in [5, 5.41) is 11.1. The van der Waals surface area contributed by atoms with Crippen molar-refractivity contribution >= 4 is 16.1 Å². The Morgan fingerprint density at radius 3 is 2.50 bits per heavy atom. The minimum absolute atomic E-state index is 0.0737. The lowest BCUT2D eigenvalue weighted by molar-refractivity contribution is 0.0511. The summed E-state index contributed by atoms with van der Waals surface area (Å²) in [5.74, 6) is 0.206. The number of amides is 1. The van der Waals surface area contributed by atoms with Crippen molar-refractivity contribution in [3.63, 3.8) is 0 Å². The van der Waals surface area contributed by atoms with Crippen molar-refractivity contribution in [3.8, 4) is 0 Å². The van der Waals surface area contributed by atoms with Crippen LogP contribution in [0.4, 0.5) is 4.79 Å². The smallest absolute Gasteiger partial charge is 0.407 e. The molecule has 7 nitrogen and oxygen atoms in total. The molecule has 0 aromatic rings. The molecular formula is C14H29N3O4S. The lowest BCUT2D eigenvalue weighted by Crippen LogP contribution is -2.46. The molecule has 1 aliphatic carbocycles. The Morgan fingerprint density at radius 1 is 1.27 bits per heavy atom. The second-order valence-electron chi connectivity index (χ2n) is 6.85. The number of nitrogens with two attached hydrogens (primary N) is 1. The highest BCUT2D eigenvalue weighted by atomic mass is 32.2. The van der Waals surface area contributed by atoms with Crippen LogP contribution in [-0.4, -0.2) is 45.0 Å². The minimum Gasteiger partial charge on any atom is -0.444 e. The summed E-state index contributed by atoms with van der Waals surface area (Å²) < 4.78 is 27.2. The third-order valence-electron chi connectivity index (χ3n) is 3.61. The van der Waals surface area contributed by atoms with Gasteiger partial charge in [-0.05, 0) is 39.5 Å². The van der Waals surface area contributed by atoms with E-state index in [1.165, 1.54) is 0 Å². The molecule has 0 aliphatic heterocycles. The van der Waals surface area contributed by atoms with Gasteiger partial charge in [0.05, 0.1) is 5.75 Å². The first-order chi connectivity index (χ1) is 10.1.